The van der Waals surface area contributed by atoms with Crippen LogP contribution in [0.1, 0.15) is 5.56 Å². The molecule has 0 saturated carbocycles. The number of aromatic nitrogens is 1. The quantitative estimate of drug-likeness (QED) is 0.688. The molecule has 3 aromatic rings. The highest BCUT2D eigenvalue weighted by atomic mass is 79.9. The van der Waals surface area contributed by atoms with Gasteiger partial charge in [0, 0.05) is 22.1 Å². The number of rotatable bonds is 2. The third-order valence-corrected chi connectivity index (χ3v) is 3.55. The highest BCUT2D eigenvalue weighted by Crippen LogP contribution is 2.31. The van der Waals surface area contributed by atoms with Crippen LogP contribution in [0, 0.1) is 11.3 Å². The summed E-state index contributed by atoms with van der Waals surface area (Å²) in [5, 5.41) is 10.2. The van der Waals surface area contributed by atoms with Crippen molar-refractivity contribution in [3.63, 3.8) is 0 Å². The standard InChI is InChI=1S/C16H9BrN2O/c17-14-4-1-5-16(13(14)10-18)20-12-7-6-11-3-2-8-19-15(11)9-12/h1-9H. The number of ether oxygens (including phenoxy) is 1. The molecular weight excluding hydrogens is 316 g/mol. The first-order valence-electron chi connectivity index (χ1n) is 5.99. The maximum absolute atomic E-state index is 9.18. The van der Waals surface area contributed by atoms with E-state index in [1.54, 1.807) is 12.3 Å². The summed E-state index contributed by atoms with van der Waals surface area (Å²) in [6.45, 7) is 0. The van der Waals surface area contributed by atoms with E-state index in [0.717, 1.165) is 15.4 Å². The van der Waals surface area contributed by atoms with Gasteiger partial charge in [-0.1, -0.05) is 12.1 Å². The summed E-state index contributed by atoms with van der Waals surface area (Å²) in [5.41, 5.74) is 1.34. The fourth-order valence-electron chi connectivity index (χ4n) is 1.93. The Morgan fingerprint density at radius 2 is 2.00 bits per heavy atom. The first-order valence-corrected chi connectivity index (χ1v) is 6.78. The number of hydrogen-bond donors (Lipinski definition) is 0. The third-order valence-electron chi connectivity index (χ3n) is 2.89. The summed E-state index contributed by atoms with van der Waals surface area (Å²) in [5.74, 6) is 1.18. The van der Waals surface area contributed by atoms with Crippen molar-refractivity contribution in [3.8, 4) is 17.6 Å². The van der Waals surface area contributed by atoms with Gasteiger partial charge in [-0.2, -0.15) is 5.26 Å². The van der Waals surface area contributed by atoms with Crippen LogP contribution in [-0.4, -0.2) is 4.98 Å². The van der Waals surface area contributed by atoms with Crippen LogP contribution in [-0.2, 0) is 0 Å². The van der Waals surface area contributed by atoms with E-state index in [-0.39, 0.29) is 0 Å². The molecule has 0 aliphatic rings. The van der Waals surface area contributed by atoms with E-state index in [1.165, 1.54) is 0 Å². The average Bonchev–Trinajstić information content (AvgIpc) is 2.47. The first-order chi connectivity index (χ1) is 9.78. The Bertz CT molecular complexity index is 824. The molecule has 96 valence electrons. The minimum Gasteiger partial charge on any atom is -0.456 e. The van der Waals surface area contributed by atoms with Crippen molar-refractivity contribution in [1.29, 1.82) is 5.26 Å². The van der Waals surface area contributed by atoms with Gasteiger partial charge in [-0.25, -0.2) is 0 Å². The maximum Gasteiger partial charge on any atom is 0.146 e. The molecule has 0 radical (unpaired) electrons. The lowest BCUT2D eigenvalue weighted by Gasteiger charge is -2.08. The van der Waals surface area contributed by atoms with E-state index in [0.29, 0.717) is 17.1 Å². The molecule has 0 bridgehead atoms. The number of fused-ring (bicyclic) bond motifs is 1. The van der Waals surface area contributed by atoms with E-state index in [1.807, 2.05) is 42.5 Å². The van der Waals surface area contributed by atoms with Gasteiger partial charge >= 0.3 is 0 Å². The van der Waals surface area contributed by atoms with Crippen molar-refractivity contribution < 1.29 is 4.74 Å². The molecule has 0 N–H and O–H groups in total. The molecule has 3 nitrogen and oxygen atoms in total. The molecule has 0 aliphatic carbocycles. The molecule has 2 aromatic carbocycles. The molecule has 0 fully saturated rings. The molecule has 0 unspecified atom stereocenters. The predicted molar refractivity (Wildman–Crippen MR) is 80.7 cm³/mol. The monoisotopic (exact) mass is 324 g/mol. The average molecular weight is 325 g/mol. The summed E-state index contributed by atoms with van der Waals surface area (Å²) in [7, 11) is 0. The number of halogens is 1. The Morgan fingerprint density at radius 3 is 2.85 bits per heavy atom. The number of nitrogens with zero attached hydrogens (tertiary/aromatic N) is 2. The molecule has 0 spiro atoms. The summed E-state index contributed by atoms with van der Waals surface area (Å²) < 4.78 is 6.52. The largest absolute Gasteiger partial charge is 0.456 e. The van der Waals surface area contributed by atoms with Crippen molar-refractivity contribution >= 4 is 26.8 Å². The van der Waals surface area contributed by atoms with Crippen LogP contribution in [0.25, 0.3) is 10.9 Å². The van der Waals surface area contributed by atoms with Crippen LogP contribution in [0.2, 0.25) is 0 Å². The van der Waals surface area contributed by atoms with E-state index >= 15 is 0 Å². The van der Waals surface area contributed by atoms with Gasteiger partial charge in [0.2, 0.25) is 0 Å². The van der Waals surface area contributed by atoms with Crippen LogP contribution in [0.5, 0.6) is 11.5 Å². The Balaban J connectivity index is 2.02. The molecule has 4 heteroatoms. The van der Waals surface area contributed by atoms with Gasteiger partial charge in [-0.15, -0.1) is 0 Å². The fraction of sp³-hybridized carbons (Fsp3) is 0. The van der Waals surface area contributed by atoms with Crippen LogP contribution in [0.4, 0.5) is 0 Å². The lowest BCUT2D eigenvalue weighted by Crippen LogP contribution is -1.89. The normalized spacial score (nSPS) is 10.2. The number of pyridine rings is 1. The van der Waals surface area contributed by atoms with Gasteiger partial charge in [0.05, 0.1) is 5.52 Å². The number of benzene rings is 2. The van der Waals surface area contributed by atoms with Crippen LogP contribution in [0.15, 0.2) is 59.2 Å². The Labute approximate surface area is 124 Å². The second-order valence-corrected chi connectivity index (χ2v) is 5.04. The molecule has 0 saturated heterocycles. The van der Waals surface area contributed by atoms with Gasteiger partial charge < -0.3 is 4.74 Å². The zero-order valence-corrected chi connectivity index (χ0v) is 12.0. The third kappa shape index (κ3) is 2.36. The summed E-state index contributed by atoms with van der Waals surface area (Å²) in [6.07, 6.45) is 1.74. The smallest absolute Gasteiger partial charge is 0.146 e. The van der Waals surface area contributed by atoms with Gasteiger partial charge in [-0.3, -0.25) is 4.98 Å². The summed E-state index contributed by atoms with van der Waals surface area (Å²) in [4.78, 5) is 4.29. The molecular formula is C16H9BrN2O. The van der Waals surface area contributed by atoms with Gasteiger partial charge in [0.1, 0.15) is 23.1 Å². The second kappa shape index (κ2) is 5.32. The minimum atomic E-state index is 0.480. The molecule has 0 amide bonds. The van der Waals surface area contributed by atoms with Gasteiger partial charge in [0.15, 0.2) is 0 Å². The molecule has 0 aliphatic heterocycles. The molecule has 1 heterocycles. The molecule has 1 aromatic heterocycles. The highest BCUT2D eigenvalue weighted by Gasteiger charge is 2.08. The van der Waals surface area contributed by atoms with E-state index < -0.39 is 0 Å². The zero-order chi connectivity index (χ0) is 13.9. The molecule has 0 atom stereocenters. The van der Waals surface area contributed by atoms with Crippen molar-refractivity contribution in [2.75, 3.05) is 0 Å². The lowest BCUT2D eigenvalue weighted by molar-refractivity contribution is 0.481. The van der Waals surface area contributed by atoms with Crippen molar-refractivity contribution in [2.24, 2.45) is 0 Å². The van der Waals surface area contributed by atoms with E-state index in [2.05, 4.69) is 27.0 Å². The number of nitriles is 1. The van der Waals surface area contributed by atoms with E-state index in [4.69, 9.17) is 4.74 Å². The molecule has 20 heavy (non-hydrogen) atoms. The van der Waals surface area contributed by atoms with Crippen LogP contribution >= 0.6 is 15.9 Å². The predicted octanol–water partition coefficient (Wildman–Crippen LogP) is 4.66. The van der Waals surface area contributed by atoms with Crippen molar-refractivity contribution in [3.05, 3.63) is 64.8 Å². The Morgan fingerprint density at radius 1 is 1.10 bits per heavy atom. The second-order valence-electron chi connectivity index (χ2n) is 4.18. The van der Waals surface area contributed by atoms with Gasteiger partial charge in [0.25, 0.3) is 0 Å². The summed E-state index contributed by atoms with van der Waals surface area (Å²) >= 11 is 3.35. The zero-order valence-electron chi connectivity index (χ0n) is 10.4. The first kappa shape index (κ1) is 12.6. The van der Waals surface area contributed by atoms with Gasteiger partial charge in [-0.05, 0) is 46.3 Å². The van der Waals surface area contributed by atoms with Crippen molar-refractivity contribution in [2.45, 2.75) is 0 Å². The summed E-state index contributed by atoms with van der Waals surface area (Å²) in [6, 6.07) is 17.1. The topological polar surface area (TPSA) is 45.9 Å². The lowest BCUT2D eigenvalue weighted by atomic mass is 10.2. The SMILES string of the molecule is N#Cc1c(Br)cccc1Oc1ccc2cccnc2c1. The Kier molecular flexibility index (Phi) is 3.36. The Hall–Kier alpha value is -2.38. The number of hydrogen-bond acceptors (Lipinski definition) is 3. The highest BCUT2D eigenvalue weighted by molar-refractivity contribution is 9.10. The molecule has 3 rings (SSSR count). The maximum atomic E-state index is 9.18. The van der Waals surface area contributed by atoms with Crippen LogP contribution < -0.4 is 4.74 Å². The van der Waals surface area contributed by atoms with Crippen LogP contribution in [0.3, 0.4) is 0 Å². The fourth-order valence-corrected chi connectivity index (χ4v) is 2.37. The minimum absolute atomic E-state index is 0.480. The van der Waals surface area contributed by atoms with Crippen molar-refractivity contribution in [1.82, 2.24) is 4.98 Å². The van der Waals surface area contributed by atoms with E-state index in [9.17, 15) is 5.26 Å².